The Balaban J connectivity index is 0.000000507. The normalized spacial score (nSPS) is 19.6. The minimum atomic E-state index is -1.44. The van der Waals surface area contributed by atoms with Crippen molar-refractivity contribution < 1.29 is 70.8 Å². The summed E-state index contributed by atoms with van der Waals surface area (Å²) in [5.41, 5.74) is 34.4. The van der Waals surface area contributed by atoms with Crippen LogP contribution in [0.5, 0.6) is 0 Å². The molecule has 0 aromatic carbocycles. The second-order valence-corrected chi connectivity index (χ2v) is 42.8. The van der Waals surface area contributed by atoms with Crippen molar-refractivity contribution in [3.8, 4) is 0 Å². The standard InChI is InChI=1S/C42H56NO2.C40H51NO.C40H53N.C2H5IO.CH4.HI.Mn.2O/c1-31(18-20-38-34(4)16-12-24-41(38,6)7)13-10-15-33(3)29-37-30-36(23-26-43(37)27-28-44)17-11-14-32(2)19-21-39-35(5)40(45)22-25-42(39,8)9;1-29(18-20-36-32(4)16-12-24-39(36,6)7)13-10-15-31(3)27-35-28-34(23-26-41-35)17-11-14-30(2)19-21-37-33(5)38(42)22-25-40(37,8)9;1-30(20-22-37-33(4)17-12-25-39(37,6)7)14-10-16-32(3)28-36-29-35(24-27-41-36)19-11-15-31(2)21-23-38-34(5)18-13-26-40(38,8)9;3-1-2-4;;;;;/h10-11,13-15,17-21,23,26,29-30,44H,12,16,22,24-25,27-28H2,1-9H3;10-11,13-15,17-21,23,26-28H,12,16,22,24-25H2,1-9H3;10-11,14-16,19-24,27-29H,12-13,17-18,25-26H2,1-9H3;4H,1-2H2;1H4;1H;;;/q+1;;;;;;;;/p-1/b15-10+,17-11+,20-18+,21-19+,31-13+,32-14+,33-29+;15-10+,17-11+,20-18+,21-19+,29-13+,30-14+,31-27+;16-10+,19-11+,22-20+,23-21+,30-14+,31-15+,32-28+;;;;;;. The van der Waals surface area contributed by atoms with Gasteiger partial charge in [0.15, 0.2) is 24.3 Å². The number of allylic oxidation sites excluding steroid dienone is 48. The number of carbonyl (C=O) groups is 2. The number of pyridine rings is 3. The SMILES string of the molecule is C.CC1=C(/C=C/C(C)=C/C=C/C(C)=C/c2cc(/C=C/C=C(C)/C=C/C3=C(C)C(=O)CCC3(C)C)cc[n+]2CCO)C(C)(C)CCC1.CC1=C(/C=C/C(C)=C/C=C/C(C)=C/c2cc(/C=C/C=C(C)/C=C/C3=C(C)C(=O)CCC3(C)C)ccn2)C(C)(C)CCC1.CC1=C(/C=C/C(C)=C/C=C/C(C)=C/c2cc(/C=C/C=C(C)/C=C/C3=C(C)CCCC3(C)C)ccn2)C(C)(C)CCC1.OCCI.[I-].[O]=[Mn]=[O]. The first-order chi connectivity index (χ1) is 63.7. The molecular weight excluding hydrogens is 1950 g/mol. The van der Waals surface area contributed by atoms with Gasteiger partial charge in [0, 0.05) is 47.9 Å². The van der Waals surface area contributed by atoms with Crippen LogP contribution in [0.1, 0.15) is 331 Å². The fourth-order valence-corrected chi connectivity index (χ4v) is 18.4. The Labute approximate surface area is 867 Å². The van der Waals surface area contributed by atoms with Gasteiger partial charge in [-0.2, -0.15) is 4.57 Å². The molecule has 0 aliphatic heterocycles. The van der Waals surface area contributed by atoms with E-state index in [1.165, 1.54) is 144 Å². The van der Waals surface area contributed by atoms with Crippen molar-refractivity contribution in [2.24, 2.45) is 32.5 Å². The topological polar surface area (TPSA) is 138 Å². The molecule has 6 aliphatic carbocycles. The van der Waals surface area contributed by atoms with Crippen molar-refractivity contribution in [1.29, 1.82) is 0 Å². The van der Waals surface area contributed by atoms with Gasteiger partial charge in [-0.15, -0.1) is 0 Å². The predicted molar refractivity (Wildman–Crippen MR) is 592 cm³/mol. The van der Waals surface area contributed by atoms with E-state index in [1.54, 1.807) is 5.57 Å². The summed E-state index contributed by atoms with van der Waals surface area (Å²) >= 11 is 0.664. The van der Waals surface area contributed by atoms with Crippen molar-refractivity contribution in [3.63, 3.8) is 0 Å². The van der Waals surface area contributed by atoms with Gasteiger partial charge in [-0.25, -0.2) is 0 Å². The molecule has 6 aliphatic rings. The fourth-order valence-electron chi connectivity index (χ4n) is 18.4. The average Bonchev–Trinajstić information content (AvgIpc) is 0.799. The van der Waals surface area contributed by atoms with Crippen LogP contribution >= 0.6 is 22.6 Å². The molecule has 0 fully saturated rings. The number of hydrogen-bond acceptors (Lipinski definition) is 8. The molecule has 2 N–H and O–H groups in total. The van der Waals surface area contributed by atoms with E-state index >= 15 is 0 Å². The third-order valence-electron chi connectivity index (χ3n) is 26.7. The zero-order chi connectivity index (χ0) is 100. The van der Waals surface area contributed by atoms with Gasteiger partial charge in [-0.3, -0.25) is 19.6 Å². The van der Waals surface area contributed by atoms with Crippen LogP contribution in [0.2, 0.25) is 0 Å². The third-order valence-corrected chi connectivity index (χ3v) is 27.1. The summed E-state index contributed by atoms with van der Waals surface area (Å²) in [6.07, 6.45) is 95.5. The molecule has 0 saturated carbocycles. The quantitative estimate of drug-likeness (QED) is 0.0221. The number of aliphatic hydroxyl groups excluding tert-OH is 2. The Morgan fingerprint density at radius 1 is 0.365 bits per heavy atom. The monoisotopic (exact) mass is 2120 g/mol. The number of hydrogen-bond donors (Lipinski definition) is 2. The van der Waals surface area contributed by atoms with Gasteiger partial charge in [-0.05, 0) is 341 Å². The van der Waals surface area contributed by atoms with Crippen molar-refractivity contribution in [2.45, 2.75) is 304 Å². The molecule has 0 saturated heterocycles. The van der Waals surface area contributed by atoms with Gasteiger partial charge >= 0.3 is 22.5 Å². The van der Waals surface area contributed by atoms with E-state index in [-0.39, 0.29) is 82.1 Å². The Kier molecular flexibility index (Phi) is 54.6. The molecule has 12 heteroatoms. The van der Waals surface area contributed by atoms with E-state index in [2.05, 4.69) is 441 Å². The number of ketones is 2. The first-order valence-corrected chi connectivity index (χ1v) is 51.4. The first-order valence-electron chi connectivity index (χ1n) is 48.9. The van der Waals surface area contributed by atoms with Crippen molar-refractivity contribution >= 4 is 70.6 Å². The molecule has 0 spiro atoms. The fraction of sp³-hybridized carbons (Fsp3) is 0.432. The maximum absolute atomic E-state index is 12.3. The molecule has 137 heavy (non-hydrogen) atoms. The summed E-state index contributed by atoms with van der Waals surface area (Å²) in [4.78, 5) is 33.6. The Bertz CT molecular complexity index is 5560. The Hall–Kier alpha value is -8.73. The zero-order valence-corrected chi connectivity index (χ0v) is 93.4. The summed E-state index contributed by atoms with van der Waals surface area (Å²) in [7, 11) is 0. The van der Waals surface area contributed by atoms with Crippen LogP contribution < -0.4 is 28.5 Å². The molecule has 0 unspecified atom stereocenters. The molecular formula is C125H169I2MnN3O6. The van der Waals surface area contributed by atoms with Crippen LogP contribution in [0.4, 0.5) is 0 Å². The van der Waals surface area contributed by atoms with E-state index in [9.17, 15) is 14.7 Å². The third kappa shape index (κ3) is 43.5. The number of carbonyl (C=O) groups excluding carboxylic acids is 2. The molecule has 9 nitrogen and oxygen atoms in total. The average molecular weight is 2120 g/mol. The molecule has 0 amide bonds. The molecule has 9 rings (SSSR count). The second kappa shape index (κ2) is 61.1. The number of aromatic nitrogens is 3. The summed E-state index contributed by atoms with van der Waals surface area (Å²) in [5.74, 6) is 0.536. The number of halogens is 2. The summed E-state index contributed by atoms with van der Waals surface area (Å²) in [6.45, 7) is 61.0. The Morgan fingerprint density at radius 3 is 0.905 bits per heavy atom. The van der Waals surface area contributed by atoms with Gasteiger partial charge < -0.3 is 34.2 Å². The van der Waals surface area contributed by atoms with E-state index in [0.29, 0.717) is 26.0 Å². The molecule has 0 atom stereocenters. The number of Topliss-reactive ketones (excluding diaryl/α,β-unsaturated/α-hetero) is 2. The number of nitrogens with zero attached hydrogens (tertiary/aromatic N) is 3. The van der Waals surface area contributed by atoms with Crippen LogP contribution in [0.15, 0.2) is 336 Å². The van der Waals surface area contributed by atoms with Gasteiger partial charge in [0.25, 0.3) is 0 Å². The molecule has 3 aromatic heterocycles. The van der Waals surface area contributed by atoms with Crippen LogP contribution in [-0.2, 0) is 38.6 Å². The van der Waals surface area contributed by atoms with Crippen LogP contribution in [0, 0.1) is 32.5 Å². The predicted octanol–water partition coefficient (Wildman–Crippen LogP) is 31.4. The van der Waals surface area contributed by atoms with Gasteiger partial charge in [0.2, 0.25) is 5.69 Å². The summed E-state index contributed by atoms with van der Waals surface area (Å²) < 4.78 is 19.7. The number of aliphatic hydroxyl groups is 2. The zero-order valence-electron chi connectivity index (χ0n) is 87.9. The molecule has 0 bridgehead atoms. The van der Waals surface area contributed by atoms with Gasteiger partial charge in [0.05, 0.1) is 18.0 Å². The van der Waals surface area contributed by atoms with Crippen molar-refractivity contribution in [2.75, 3.05) is 17.6 Å². The van der Waals surface area contributed by atoms with E-state index in [0.717, 1.165) is 95.6 Å². The first kappa shape index (κ1) is 122. The molecule has 741 valence electrons. The summed E-state index contributed by atoms with van der Waals surface area (Å²) in [6, 6.07) is 12.5. The van der Waals surface area contributed by atoms with E-state index in [1.807, 2.05) is 38.5 Å². The van der Waals surface area contributed by atoms with Gasteiger partial charge in [0.1, 0.15) is 6.61 Å². The van der Waals surface area contributed by atoms with Gasteiger partial charge in [-0.1, -0.05) is 351 Å². The van der Waals surface area contributed by atoms with Crippen LogP contribution in [-0.4, -0.2) is 49.4 Å². The molecule has 0 radical (unpaired) electrons. The van der Waals surface area contributed by atoms with E-state index < -0.39 is 14.8 Å². The molecule has 3 heterocycles. The Morgan fingerprint density at radius 2 is 0.628 bits per heavy atom. The van der Waals surface area contributed by atoms with Crippen LogP contribution in [0.3, 0.4) is 0 Å². The van der Waals surface area contributed by atoms with Crippen molar-refractivity contribution in [1.82, 2.24) is 9.97 Å². The molecule has 3 aromatic rings. The number of rotatable bonds is 30. The van der Waals surface area contributed by atoms with Crippen molar-refractivity contribution in [3.05, 3.63) is 370 Å². The maximum atomic E-state index is 12.3. The van der Waals surface area contributed by atoms with Crippen LogP contribution in [0.25, 0.3) is 36.5 Å². The summed E-state index contributed by atoms with van der Waals surface area (Å²) in [5, 5.41) is 17.5. The minimum absolute atomic E-state index is 0. The number of alkyl halides is 1. The second-order valence-electron chi connectivity index (χ2n) is 41.5. The van der Waals surface area contributed by atoms with E-state index in [4.69, 9.17) is 12.8 Å².